The maximum absolute atomic E-state index is 13.2. The Morgan fingerprint density at radius 1 is 0.971 bits per heavy atom. The second kappa shape index (κ2) is 8.80. The maximum Gasteiger partial charge on any atom is 0.253 e. The van der Waals surface area contributed by atoms with Gasteiger partial charge >= 0.3 is 0 Å². The van der Waals surface area contributed by atoms with Gasteiger partial charge in [0.25, 0.3) is 5.91 Å². The molecule has 1 amide bonds. The smallest absolute Gasteiger partial charge is 0.253 e. The number of fused-ring (bicyclic) bond motifs is 1. The molecule has 1 N–H and O–H groups in total. The first-order valence-electron chi connectivity index (χ1n) is 12.0. The van der Waals surface area contributed by atoms with Gasteiger partial charge in [-0.15, -0.1) is 0 Å². The molecule has 0 saturated carbocycles. The highest BCUT2D eigenvalue weighted by Gasteiger charge is 2.44. The average Bonchev–Trinajstić information content (AvgIpc) is 2.78. The van der Waals surface area contributed by atoms with Gasteiger partial charge in [-0.2, -0.15) is 0 Å². The number of carbonyl (C=O) groups is 2. The molecular weight excluding hydrogens is 440 g/mol. The number of aromatic nitrogens is 2. The predicted octanol–water partition coefficient (Wildman–Crippen LogP) is 5.09. The minimum atomic E-state index is -0.527. The number of anilines is 2. The van der Waals surface area contributed by atoms with Crippen LogP contribution in [0.15, 0.2) is 42.5 Å². The monoisotopic (exact) mass is 470 g/mol. The zero-order valence-corrected chi connectivity index (χ0v) is 20.6. The van der Waals surface area contributed by atoms with Crippen molar-refractivity contribution in [2.24, 2.45) is 0 Å². The van der Waals surface area contributed by atoms with Gasteiger partial charge in [-0.1, -0.05) is 6.07 Å². The van der Waals surface area contributed by atoms with E-state index in [1.54, 1.807) is 0 Å². The molecule has 2 aliphatic heterocycles. The van der Waals surface area contributed by atoms with Crippen LogP contribution in [0.2, 0.25) is 0 Å². The lowest BCUT2D eigenvalue weighted by molar-refractivity contribution is -0.00580. The van der Waals surface area contributed by atoms with Crippen LogP contribution >= 0.6 is 0 Å². The van der Waals surface area contributed by atoms with E-state index in [4.69, 9.17) is 4.74 Å². The Balaban J connectivity index is 1.24. The van der Waals surface area contributed by atoms with E-state index in [9.17, 15) is 9.59 Å². The molecular formula is C28H30N4O3. The van der Waals surface area contributed by atoms with Gasteiger partial charge in [-0.3, -0.25) is 9.59 Å². The molecule has 0 bridgehead atoms. The number of ketones is 1. The molecule has 0 radical (unpaired) electrons. The first-order valence-corrected chi connectivity index (χ1v) is 12.0. The van der Waals surface area contributed by atoms with Crippen molar-refractivity contribution in [2.75, 3.05) is 18.4 Å². The van der Waals surface area contributed by atoms with Crippen molar-refractivity contribution >= 4 is 23.3 Å². The van der Waals surface area contributed by atoms with Gasteiger partial charge in [0.15, 0.2) is 5.78 Å². The van der Waals surface area contributed by atoms with Gasteiger partial charge in [0.05, 0.1) is 12.0 Å². The Hall–Kier alpha value is -3.74. The lowest BCUT2D eigenvalue weighted by atomic mass is 9.81. The fourth-order valence-corrected chi connectivity index (χ4v) is 5.20. The largest absolute Gasteiger partial charge is 0.486 e. The molecule has 1 spiro atoms. The summed E-state index contributed by atoms with van der Waals surface area (Å²) in [5, 5.41) is 3.19. The van der Waals surface area contributed by atoms with Crippen LogP contribution in [0.1, 0.15) is 62.5 Å². The molecule has 1 saturated heterocycles. The molecule has 0 atom stereocenters. The standard InChI is InChI=1S/C28H30N4O3/c1-17-13-18(2)25-23(33)16-28(35-24(25)14-17)9-11-32(12-10-28)26(34)21-5-7-22(8-6-21)31-27-29-19(3)15-20(4)30-27/h5-8,13-15H,9-12,16H2,1-4H3,(H,29,30,31). The Morgan fingerprint density at radius 2 is 1.63 bits per heavy atom. The van der Waals surface area contributed by atoms with Gasteiger partial charge in [-0.25, -0.2) is 9.97 Å². The van der Waals surface area contributed by atoms with Crippen molar-refractivity contribution in [2.45, 2.75) is 52.6 Å². The molecule has 35 heavy (non-hydrogen) atoms. The van der Waals surface area contributed by atoms with Crippen LogP contribution in [0, 0.1) is 27.7 Å². The number of ether oxygens (including phenoxy) is 1. The highest BCUT2D eigenvalue weighted by molar-refractivity contribution is 6.02. The van der Waals surface area contributed by atoms with Crippen molar-refractivity contribution in [1.29, 1.82) is 0 Å². The van der Waals surface area contributed by atoms with Crippen LogP contribution in [-0.4, -0.2) is 45.2 Å². The Kier molecular flexibility index (Phi) is 5.79. The van der Waals surface area contributed by atoms with E-state index in [-0.39, 0.29) is 11.7 Å². The number of benzene rings is 2. The molecule has 7 nitrogen and oxygen atoms in total. The van der Waals surface area contributed by atoms with Crippen LogP contribution in [-0.2, 0) is 0 Å². The number of Topliss-reactive ketones (excluding diaryl/α,β-unsaturated/α-hetero) is 1. The summed E-state index contributed by atoms with van der Waals surface area (Å²) in [6.07, 6.45) is 1.65. The van der Waals surface area contributed by atoms with Crippen LogP contribution in [0.25, 0.3) is 0 Å². The quantitative estimate of drug-likeness (QED) is 0.574. The fraction of sp³-hybridized carbons (Fsp3) is 0.357. The van der Waals surface area contributed by atoms with Gasteiger partial charge in [0.2, 0.25) is 5.95 Å². The normalized spacial score (nSPS) is 16.6. The number of rotatable bonds is 3. The van der Waals surface area contributed by atoms with Gasteiger partial charge < -0.3 is 15.0 Å². The summed E-state index contributed by atoms with van der Waals surface area (Å²) in [6.45, 7) is 8.95. The first kappa shape index (κ1) is 23.0. The maximum atomic E-state index is 13.2. The second-order valence-electron chi connectivity index (χ2n) is 9.81. The van der Waals surface area contributed by atoms with Crippen molar-refractivity contribution in [3.63, 3.8) is 0 Å². The molecule has 2 aromatic carbocycles. The SMILES string of the molecule is Cc1cc(C)c2c(c1)OC1(CCN(C(=O)c3ccc(Nc4nc(C)cc(C)n4)cc3)CC1)CC2=O. The van der Waals surface area contributed by atoms with E-state index in [0.717, 1.165) is 28.2 Å². The van der Waals surface area contributed by atoms with Crippen LogP contribution in [0.4, 0.5) is 11.6 Å². The van der Waals surface area contributed by atoms with Crippen molar-refractivity contribution in [3.05, 3.63) is 76.1 Å². The van der Waals surface area contributed by atoms with Gasteiger partial charge in [0.1, 0.15) is 11.4 Å². The second-order valence-corrected chi connectivity index (χ2v) is 9.81. The lowest BCUT2D eigenvalue weighted by Crippen LogP contribution is -2.52. The van der Waals surface area contributed by atoms with E-state index in [1.165, 1.54) is 0 Å². The molecule has 0 unspecified atom stereocenters. The van der Waals surface area contributed by atoms with E-state index < -0.39 is 5.60 Å². The number of amides is 1. The molecule has 5 rings (SSSR count). The number of hydrogen-bond donors (Lipinski definition) is 1. The highest BCUT2D eigenvalue weighted by atomic mass is 16.5. The zero-order valence-electron chi connectivity index (χ0n) is 20.6. The third-order valence-electron chi connectivity index (χ3n) is 6.86. The third kappa shape index (κ3) is 4.63. The third-order valence-corrected chi connectivity index (χ3v) is 6.86. The van der Waals surface area contributed by atoms with E-state index in [1.807, 2.05) is 75.1 Å². The molecule has 180 valence electrons. The highest BCUT2D eigenvalue weighted by Crippen LogP contribution is 2.41. The number of likely N-dealkylation sites (tertiary alicyclic amines) is 1. The average molecular weight is 471 g/mol. The number of carbonyl (C=O) groups excluding carboxylic acids is 2. The fourth-order valence-electron chi connectivity index (χ4n) is 5.20. The van der Waals surface area contributed by atoms with E-state index in [2.05, 4.69) is 15.3 Å². The van der Waals surface area contributed by atoms with E-state index >= 15 is 0 Å². The topological polar surface area (TPSA) is 84.4 Å². The van der Waals surface area contributed by atoms with Crippen molar-refractivity contribution < 1.29 is 14.3 Å². The lowest BCUT2D eigenvalue weighted by Gasteiger charge is -2.44. The summed E-state index contributed by atoms with van der Waals surface area (Å²) in [7, 11) is 0. The van der Waals surface area contributed by atoms with E-state index in [0.29, 0.717) is 55.2 Å². The Bertz CT molecular complexity index is 1290. The summed E-state index contributed by atoms with van der Waals surface area (Å²) in [4.78, 5) is 36.8. The first-order chi connectivity index (χ1) is 16.7. The Labute approximate surface area is 205 Å². The molecule has 3 heterocycles. The Morgan fingerprint density at radius 3 is 2.29 bits per heavy atom. The minimum absolute atomic E-state index is 0.0109. The summed E-state index contributed by atoms with van der Waals surface area (Å²) < 4.78 is 6.44. The van der Waals surface area contributed by atoms with Crippen molar-refractivity contribution in [1.82, 2.24) is 14.9 Å². The van der Waals surface area contributed by atoms with Crippen LogP contribution in [0.5, 0.6) is 5.75 Å². The summed E-state index contributed by atoms with van der Waals surface area (Å²) in [5.74, 6) is 1.36. The number of nitrogens with one attached hydrogen (secondary N) is 1. The summed E-state index contributed by atoms with van der Waals surface area (Å²) in [6, 6.07) is 13.3. The van der Waals surface area contributed by atoms with Gasteiger partial charge in [-0.05, 0) is 75.2 Å². The molecule has 7 heteroatoms. The molecule has 1 aromatic heterocycles. The van der Waals surface area contributed by atoms with Crippen LogP contribution < -0.4 is 10.1 Å². The number of nitrogens with zero attached hydrogens (tertiary/aromatic N) is 3. The predicted molar refractivity (Wildman–Crippen MR) is 135 cm³/mol. The molecule has 1 fully saturated rings. The van der Waals surface area contributed by atoms with Crippen molar-refractivity contribution in [3.8, 4) is 5.75 Å². The molecule has 2 aliphatic rings. The van der Waals surface area contributed by atoms with Crippen LogP contribution in [0.3, 0.4) is 0 Å². The molecule has 3 aromatic rings. The van der Waals surface area contributed by atoms with Gasteiger partial charge in [0, 0.05) is 48.6 Å². The summed E-state index contributed by atoms with van der Waals surface area (Å²) in [5.41, 5.74) is 5.47. The number of piperidine rings is 1. The number of hydrogen-bond acceptors (Lipinski definition) is 6. The molecule has 0 aliphatic carbocycles. The summed E-state index contributed by atoms with van der Waals surface area (Å²) >= 11 is 0. The zero-order chi connectivity index (χ0) is 24.7. The minimum Gasteiger partial charge on any atom is -0.486 e. The number of aryl methyl sites for hydroxylation is 4.